The monoisotopic (exact) mass is 413 g/mol. The van der Waals surface area contributed by atoms with Crippen molar-refractivity contribution in [2.75, 3.05) is 5.32 Å². The lowest BCUT2D eigenvalue weighted by Crippen LogP contribution is -2.15. The summed E-state index contributed by atoms with van der Waals surface area (Å²) in [5.41, 5.74) is 7.54. The number of anilines is 1. The van der Waals surface area contributed by atoms with Crippen LogP contribution in [0.2, 0.25) is 0 Å². The third-order valence-corrected chi connectivity index (χ3v) is 5.65. The highest BCUT2D eigenvalue weighted by Crippen LogP contribution is 2.28. The fraction of sp³-hybridized carbons (Fsp3) is 0.240. The lowest BCUT2D eigenvalue weighted by molar-refractivity contribution is 0.102. The molecule has 31 heavy (non-hydrogen) atoms. The third kappa shape index (κ3) is 4.28. The van der Waals surface area contributed by atoms with Crippen molar-refractivity contribution in [2.24, 2.45) is 7.05 Å². The van der Waals surface area contributed by atoms with Crippen molar-refractivity contribution in [3.63, 3.8) is 0 Å². The number of carbonyl (C=O) groups excluding carboxylic acids is 1. The van der Waals surface area contributed by atoms with Crippen molar-refractivity contribution < 1.29 is 4.79 Å². The number of nitrogens with zero attached hydrogens (tertiary/aromatic N) is 4. The molecule has 2 heterocycles. The zero-order chi connectivity index (χ0) is 22.0. The SMILES string of the molecule is CCc1cc(-c2cnc(NC(=O)c3cccc(Cn4cccn4)c3)n2C)c(C)cc1C. The maximum absolute atomic E-state index is 12.9. The molecule has 0 radical (unpaired) electrons. The summed E-state index contributed by atoms with van der Waals surface area (Å²) in [7, 11) is 1.93. The Morgan fingerprint density at radius 2 is 1.94 bits per heavy atom. The Morgan fingerprint density at radius 3 is 2.68 bits per heavy atom. The molecule has 0 aliphatic heterocycles. The van der Waals surface area contributed by atoms with Crippen LogP contribution in [0.5, 0.6) is 0 Å². The van der Waals surface area contributed by atoms with E-state index in [9.17, 15) is 4.79 Å². The van der Waals surface area contributed by atoms with Crippen LogP contribution in [-0.4, -0.2) is 25.2 Å². The Kier molecular flexibility index (Phi) is 5.71. The molecule has 2 aromatic carbocycles. The van der Waals surface area contributed by atoms with Crippen molar-refractivity contribution in [3.8, 4) is 11.3 Å². The van der Waals surface area contributed by atoms with E-state index in [-0.39, 0.29) is 5.91 Å². The van der Waals surface area contributed by atoms with Crippen molar-refractivity contribution >= 4 is 11.9 Å². The quantitative estimate of drug-likeness (QED) is 0.495. The zero-order valence-electron chi connectivity index (χ0n) is 18.4. The minimum absolute atomic E-state index is 0.183. The van der Waals surface area contributed by atoms with Crippen LogP contribution >= 0.6 is 0 Å². The molecule has 4 aromatic rings. The molecule has 0 saturated heterocycles. The Morgan fingerprint density at radius 1 is 1.10 bits per heavy atom. The number of amides is 1. The first-order valence-corrected chi connectivity index (χ1v) is 10.5. The van der Waals surface area contributed by atoms with Crippen LogP contribution in [0.15, 0.2) is 61.1 Å². The van der Waals surface area contributed by atoms with Crippen LogP contribution in [0.25, 0.3) is 11.3 Å². The number of benzene rings is 2. The smallest absolute Gasteiger partial charge is 0.257 e. The van der Waals surface area contributed by atoms with Crippen molar-refractivity contribution in [1.82, 2.24) is 19.3 Å². The largest absolute Gasteiger partial charge is 0.313 e. The minimum atomic E-state index is -0.183. The van der Waals surface area contributed by atoms with Gasteiger partial charge in [-0.15, -0.1) is 0 Å². The first-order chi connectivity index (χ1) is 15.0. The molecule has 0 saturated carbocycles. The summed E-state index contributed by atoms with van der Waals surface area (Å²) in [4.78, 5) is 17.4. The van der Waals surface area contributed by atoms with Crippen molar-refractivity contribution in [3.05, 3.63) is 88.9 Å². The fourth-order valence-corrected chi connectivity index (χ4v) is 3.90. The summed E-state index contributed by atoms with van der Waals surface area (Å²) in [6, 6.07) is 13.9. The van der Waals surface area contributed by atoms with Gasteiger partial charge in [-0.1, -0.05) is 25.1 Å². The van der Waals surface area contributed by atoms with Gasteiger partial charge in [-0.05, 0) is 66.8 Å². The van der Waals surface area contributed by atoms with Gasteiger partial charge in [-0.2, -0.15) is 5.10 Å². The van der Waals surface area contributed by atoms with Gasteiger partial charge in [0.15, 0.2) is 0 Å². The van der Waals surface area contributed by atoms with E-state index in [0.29, 0.717) is 18.1 Å². The lowest BCUT2D eigenvalue weighted by atomic mass is 9.97. The lowest BCUT2D eigenvalue weighted by Gasteiger charge is -2.13. The molecule has 0 unspecified atom stereocenters. The molecule has 0 spiro atoms. The summed E-state index contributed by atoms with van der Waals surface area (Å²) in [5.74, 6) is 0.341. The van der Waals surface area contributed by atoms with E-state index in [1.165, 1.54) is 16.7 Å². The molecular weight excluding hydrogens is 386 g/mol. The summed E-state index contributed by atoms with van der Waals surface area (Å²) < 4.78 is 3.76. The van der Waals surface area contributed by atoms with Crippen LogP contribution in [0.3, 0.4) is 0 Å². The Hall–Kier alpha value is -3.67. The second-order valence-electron chi connectivity index (χ2n) is 7.83. The Labute approximate surface area is 182 Å². The number of hydrogen-bond acceptors (Lipinski definition) is 3. The number of imidazole rings is 1. The summed E-state index contributed by atoms with van der Waals surface area (Å²) >= 11 is 0. The molecule has 6 nitrogen and oxygen atoms in total. The normalized spacial score (nSPS) is 11.0. The van der Waals surface area contributed by atoms with E-state index < -0.39 is 0 Å². The average molecular weight is 414 g/mol. The maximum Gasteiger partial charge on any atom is 0.257 e. The van der Waals surface area contributed by atoms with Gasteiger partial charge in [-0.25, -0.2) is 4.98 Å². The minimum Gasteiger partial charge on any atom is -0.313 e. The zero-order valence-corrected chi connectivity index (χ0v) is 18.4. The topological polar surface area (TPSA) is 64.7 Å². The third-order valence-electron chi connectivity index (χ3n) is 5.65. The highest BCUT2D eigenvalue weighted by atomic mass is 16.1. The average Bonchev–Trinajstić information content (AvgIpc) is 3.39. The molecule has 1 amide bonds. The highest BCUT2D eigenvalue weighted by Gasteiger charge is 2.15. The van der Waals surface area contributed by atoms with Crippen molar-refractivity contribution in [1.29, 1.82) is 0 Å². The summed E-state index contributed by atoms with van der Waals surface area (Å²) in [6.45, 7) is 7.03. The van der Waals surface area contributed by atoms with E-state index in [4.69, 9.17) is 0 Å². The van der Waals surface area contributed by atoms with Crippen LogP contribution in [0.4, 0.5) is 5.95 Å². The Balaban J connectivity index is 1.56. The first-order valence-electron chi connectivity index (χ1n) is 10.5. The van der Waals surface area contributed by atoms with Crippen LogP contribution in [0, 0.1) is 13.8 Å². The molecule has 0 aliphatic rings. The molecule has 0 atom stereocenters. The fourth-order valence-electron chi connectivity index (χ4n) is 3.90. The van der Waals surface area contributed by atoms with Gasteiger partial charge in [0.05, 0.1) is 18.4 Å². The molecular formula is C25H27N5O. The molecule has 0 fully saturated rings. The second-order valence-corrected chi connectivity index (χ2v) is 7.83. The predicted molar refractivity (Wildman–Crippen MR) is 123 cm³/mol. The highest BCUT2D eigenvalue weighted by molar-refractivity contribution is 6.03. The van der Waals surface area contributed by atoms with Crippen LogP contribution in [-0.2, 0) is 20.0 Å². The van der Waals surface area contributed by atoms with Gasteiger partial charge < -0.3 is 4.57 Å². The molecule has 6 heteroatoms. The van der Waals surface area contributed by atoms with Gasteiger partial charge in [0.2, 0.25) is 5.95 Å². The maximum atomic E-state index is 12.9. The molecule has 4 rings (SSSR count). The van der Waals surface area contributed by atoms with Gasteiger partial charge in [0.25, 0.3) is 5.91 Å². The molecule has 158 valence electrons. The number of nitrogens with one attached hydrogen (secondary N) is 1. The van der Waals surface area contributed by atoms with Crippen molar-refractivity contribution in [2.45, 2.75) is 33.7 Å². The summed E-state index contributed by atoms with van der Waals surface area (Å²) in [6.07, 6.45) is 6.45. The van der Waals surface area contributed by atoms with E-state index in [1.807, 2.05) is 59.0 Å². The standard InChI is InChI=1S/C25H27N5O/c1-5-20-14-22(18(3)12-17(20)2)23-15-26-25(29(23)4)28-24(31)21-9-6-8-19(13-21)16-30-11-7-10-27-30/h6-15H,5,16H2,1-4H3,(H,26,28,31). The number of aromatic nitrogens is 4. The van der Waals surface area contributed by atoms with E-state index in [2.05, 4.69) is 48.3 Å². The predicted octanol–water partition coefficient (Wildman–Crippen LogP) is 4.76. The van der Waals surface area contributed by atoms with Crippen LogP contribution < -0.4 is 5.32 Å². The number of carbonyl (C=O) groups is 1. The molecule has 0 bridgehead atoms. The molecule has 2 aromatic heterocycles. The van der Waals surface area contributed by atoms with E-state index in [1.54, 1.807) is 6.20 Å². The van der Waals surface area contributed by atoms with Gasteiger partial charge in [0.1, 0.15) is 0 Å². The summed E-state index contributed by atoms with van der Waals surface area (Å²) in [5, 5.41) is 7.18. The molecule has 1 N–H and O–H groups in total. The van der Waals surface area contributed by atoms with E-state index in [0.717, 1.165) is 23.2 Å². The second kappa shape index (κ2) is 8.60. The Bertz CT molecular complexity index is 1220. The number of hydrogen-bond donors (Lipinski definition) is 1. The molecule has 0 aliphatic carbocycles. The number of rotatable bonds is 6. The van der Waals surface area contributed by atoms with Gasteiger partial charge in [-0.3, -0.25) is 14.8 Å². The first kappa shape index (κ1) is 20.6. The van der Waals surface area contributed by atoms with Gasteiger partial charge >= 0.3 is 0 Å². The van der Waals surface area contributed by atoms with Crippen LogP contribution in [0.1, 0.15) is 39.5 Å². The van der Waals surface area contributed by atoms with E-state index >= 15 is 0 Å². The van der Waals surface area contributed by atoms with Gasteiger partial charge in [0, 0.05) is 30.6 Å². The number of aryl methyl sites for hydroxylation is 3.